The van der Waals surface area contributed by atoms with Crippen LogP contribution >= 0.6 is 27.7 Å². The van der Waals surface area contributed by atoms with Gasteiger partial charge in [0.15, 0.2) is 0 Å². The van der Waals surface area contributed by atoms with Crippen molar-refractivity contribution in [3.8, 4) is 0 Å². The standard InChI is InChI=1S/C13H19BrFNO2S2/c1-19-9-5-3-2-4-8-16-20(17,18)11-6-7-12(14)13(15)10-11/h6-7,10,16H,2-5,8-9H2,1H3. The predicted molar refractivity (Wildman–Crippen MR) is 86.1 cm³/mol. The maximum atomic E-state index is 13.3. The van der Waals surface area contributed by atoms with Gasteiger partial charge in [-0.3, -0.25) is 0 Å². The maximum Gasteiger partial charge on any atom is 0.240 e. The van der Waals surface area contributed by atoms with Crippen molar-refractivity contribution >= 4 is 37.7 Å². The quantitative estimate of drug-likeness (QED) is 0.659. The van der Waals surface area contributed by atoms with Crippen molar-refractivity contribution in [2.45, 2.75) is 30.6 Å². The molecule has 0 spiro atoms. The molecule has 0 aliphatic rings. The van der Waals surface area contributed by atoms with Gasteiger partial charge in [-0.1, -0.05) is 12.8 Å². The van der Waals surface area contributed by atoms with Crippen molar-refractivity contribution in [2.24, 2.45) is 0 Å². The molecule has 7 heteroatoms. The second-order valence-corrected chi connectivity index (χ2v) is 7.99. The minimum Gasteiger partial charge on any atom is -0.211 e. The van der Waals surface area contributed by atoms with Gasteiger partial charge in [0, 0.05) is 6.54 Å². The minimum absolute atomic E-state index is 0.0411. The molecule has 0 heterocycles. The molecule has 0 bridgehead atoms. The molecule has 1 aromatic rings. The summed E-state index contributed by atoms with van der Waals surface area (Å²) >= 11 is 4.82. The molecular weight excluding hydrogens is 365 g/mol. The topological polar surface area (TPSA) is 46.2 Å². The summed E-state index contributed by atoms with van der Waals surface area (Å²) in [5, 5.41) is 0. The smallest absolute Gasteiger partial charge is 0.211 e. The monoisotopic (exact) mass is 383 g/mol. The Bertz CT molecular complexity index is 523. The van der Waals surface area contributed by atoms with Crippen LogP contribution in [-0.4, -0.2) is 27.0 Å². The first-order valence-corrected chi connectivity index (χ1v) is 10.1. The van der Waals surface area contributed by atoms with E-state index >= 15 is 0 Å². The zero-order valence-corrected chi connectivity index (χ0v) is 14.6. The summed E-state index contributed by atoms with van der Waals surface area (Å²) in [6.07, 6.45) is 6.14. The van der Waals surface area contributed by atoms with E-state index in [1.54, 1.807) is 0 Å². The SMILES string of the molecule is CSCCCCCCNS(=O)(=O)c1ccc(Br)c(F)c1. The van der Waals surface area contributed by atoms with E-state index in [2.05, 4.69) is 26.9 Å². The molecule has 0 aromatic heterocycles. The molecule has 0 radical (unpaired) electrons. The Morgan fingerprint density at radius 1 is 1.25 bits per heavy atom. The van der Waals surface area contributed by atoms with Crippen LogP contribution in [0.25, 0.3) is 0 Å². The van der Waals surface area contributed by atoms with E-state index in [-0.39, 0.29) is 9.37 Å². The molecule has 0 saturated heterocycles. The van der Waals surface area contributed by atoms with E-state index in [9.17, 15) is 12.8 Å². The van der Waals surface area contributed by atoms with Gasteiger partial charge in [-0.25, -0.2) is 17.5 Å². The lowest BCUT2D eigenvalue weighted by atomic mass is 10.2. The number of benzene rings is 1. The highest BCUT2D eigenvalue weighted by atomic mass is 79.9. The van der Waals surface area contributed by atoms with Crippen molar-refractivity contribution in [1.82, 2.24) is 4.72 Å². The van der Waals surface area contributed by atoms with Crippen LogP contribution in [0.1, 0.15) is 25.7 Å². The normalized spacial score (nSPS) is 11.8. The molecule has 0 fully saturated rings. The molecule has 0 unspecified atom stereocenters. The lowest BCUT2D eigenvalue weighted by molar-refractivity contribution is 0.570. The van der Waals surface area contributed by atoms with Crippen molar-refractivity contribution in [3.05, 3.63) is 28.5 Å². The molecule has 20 heavy (non-hydrogen) atoms. The number of hydrogen-bond acceptors (Lipinski definition) is 3. The predicted octanol–water partition coefficient (Wildman–Crippen LogP) is 3.79. The number of halogens is 2. The summed E-state index contributed by atoms with van der Waals surface area (Å²) in [4.78, 5) is -0.0411. The third kappa shape index (κ3) is 6.11. The highest BCUT2D eigenvalue weighted by molar-refractivity contribution is 9.10. The van der Waals surface area contributed by atoms with Gasteiger partial charge in [0.2, 0.25) is 10.0 Å². The summed E-state index contributed by atoms with van der Waals surface area (Å²) in [6, 6.07) is 3.80. The molecule has 0 aliphatic carbocycles. The van der Waals surface area contributed by atoms with E-state index in [1.165, 1.54) is 12.1 Å². The molecule has 0 aliphatic heterocycles. The Labute approximate surface area is 132 Å². The van der Waals surface area contributed by atoms with Gasteiger partial charge in [0.1, 0.15) is 5.82 Å². The van der Waals surface area contributed by atoms with Gasteiger partial charge in [0.25, 0.3) is 0 Å². The van der Waals surface area contributed by atoms with Crippen molar-refractivity contribution in [3.63, 3.8) is 0 Å². The zero-order valence-electron chi connectivity index (χ0n) is 11.4. The first kappa shape index (κ1) is 17.9. The van der Waals surface area contributed by atoms with Crippen molar-refractivity contribution in [1.29, 1.82) is 0 Å². The third-order valence-corrected chi connectivity index (χ3v) is 5.57. The molecule has 1 rings (SSSR count). The number of nitrogens with one attached hydrogen (secondary N) is 1. The molecule has 0 amide bonds. The Morgan fingerprint density at radius 2 is 1.95 bits per heavy atom. The average Bonchev–Trinajstić information content (AvgIpc) is 2.40. The van der Waals surface area contributed by atoms with E-state index in [4.69, 9.17) is 0 Å². The second-order valence-electron chi connectivity index (χ2n) is 4.38. The molecule has 0 atom stereocenters. The number of unbranched alkanes of at least 4 members (excludes halogenated alkanes) is 3. The second kappa shape index (κ2) is 9.02. The van der Waals surface area contributed by atoms with Crippen LogP contribution in [0.5, 0.6) is 0 Å². The summed E-state index contributed by atoms with van der Waals surface area (Å²) in [7, 11) is -3.61. The van der Waals surface area contributed by atoms with Crippen LogP contribution < -0.4 is 4.72 Å². The summed E-state index contributed by atoms with van der Waals surface area (Å²) in [6.45, 7) is 0.388. The lowest BCUT2D eigenvalue weighted by Gasteiger charge is -2.07. The number of rotatable bonds is 9. The Hall–Kier alpha value is -0.110. The van der Waals surface area contributed by atoms with Crippen LogP contribution in [0, 0.1) is 5.82 Å². The van der Waals surface area contributed by atoms with Crippen molar-refractivity contribution < 1.29 is 12.8 Å². The van der Waals surface area contributed by atoms with Crippen LogP contribution in [0.15, 0.2) is 27.6 Å². The first-order valence-electron chi connectivity index (χ1n) is 6.41. The summed E-state index contributed by atoms with van der Waals surface area (Å²) in [5.41, 5.74) is 0. The number of thioether (sulfide) groups is 1. The third-order valence-electron chi connectivity index (χ3n) is 2.77. The molecule has 114 valence electrons. The van der Waals surface area contributed by atoms with Gasteiger partial charge in [0.05, 0.1) is 9.37 Å². The number of sulfonamides is 1. The van der Waals surface area contributed by atoms with Gasteiger partial charge in [-0.15, -0.1) is 0 Å². The van der Waals surface area contributed by atoms with E-state index in [0.717, 1.165) is 37.5 Å². The van der Waals surface area contributed by atoms with Crippen molar-refractivity contribution in [2.75, 3.05) is 18.6 Å². The average molecular weight is 384 g/mol. The van der Waals surface area contributed by atoms with E-state index in [0.29, 0.717) is 6.54 Å². The van der Waals surface area contributed by atoms with Crippen LogP contribution in [-0.2, 0) is 10.0 Å². The van der Waals surface area contributed by atoms with E-state index < -0.39 is 15.8 Å². The maximum absolute atomic E-state index is 13.3. The Balaban J connectivity index is 2.40. The molecular formula is C13H19BrFNO2S2. The van der Waals surface area contributed by atoms with Crippen LogP contribution in [0.2, 0.25) is 0 Å². The van der Waals surface area contributed by atoms with E-state index in [1.807, 2.05) is 11.8 Å². The van der Waals surface area contributed by atoms with Gasteiger partial charge in [-0.05, 0) is 59.0 Å². The molecule has 0 saturated carbocycles. The van der Waals surface area contributed by atoms with Crippen LogP contribution in [0.4, 0.5) is 4.39 Å². The minimum atomic E-state index is -3.61. The molecule has 3 nitrogen and oxygen atoms in total. The fourth-order valence-corrected chi connectivity index (χ4v) is 3.48. The summed E-state index contributed by atoms with van der Waals surface area (Å²) < 4.78 is 40.0. The van der Waals surface area contributed by atoms with Gasteiger partial charge in [-0.2, -0.15) is 11.8 Å². The van der Waals surface area contributed by atoms with Gasteiger partial charge < -0.3 is 0 Å². The van der Waals surface area contributed by atoms with Gasteiger partial charge >= 0.3 is 0 Å². The fourth-order valence-electron chi connectivity index (χ4n) is 1.66. The first-order chi connectivity index (χ1) is 9.47. The fraction of sp³-hybridized carbons (Fsp3) is 0.538. The largest absolute Gasteiger partial charge is 0.240 e. The zero-order chi connectivity index (χ0) is 15.0. The summed E-state index contributed by atoms with van der Waals surface area (Å²) in [5.74, 6) is 0.564. The highest BCUT2D eigenvalue weighted by Gasteiger charge is 2.14. The Kier molecular flexibility index (Phi) is 8.09. The highest BCUT2D eigenvalue weighted by Crippen LogP contribution is 2.19. The Morgan fingerprint density at radius 3 is 2.60 bits per heavy atom. The lowest BCUT2D eigenvalue weighted by Crippen LogP contribution is -2.24. The molecule has 1 aromatic carbocycles. The van der Waals surface area contributed by atoms with Crippen LogP contribution in [0.3, 0.4) is 0 Å². The number of hydrogen-bond donors (Lipinski definition) is 1. The molecule has 1 N–H and O–H groups in total.